The van der Waals surface area contributed by atoms with E-state index in [1.54, 1.807) is 6.07 Å². The molecule has 1 aromatic carbocycles. The second-order valence-corrected chi connectivity index (χ2v) is 3.93. The maximum Gasteiger partial charge on any atom is 0.435 e. The molecule has 96 valence electrons. The molecule has 0 aliphatic heterocycles. The second kappa shape index (κ2) is 4.45. The zero-order valence-electron chi connectivity index (χ0n) is 9.70. The summed E-state index contributed by atoms with van der Waals surface area (Å²) in [4.78, 5) is 0. The molecule has 0 spiro atoms. The van der Waals surface area contributed by atoms with Gasteiger partial charge in [-0.25, -0.2) is 4.68 Å². The standard InChI is InChI=1S/C12H12F3N3/c1-8-3-2-4-9(7-16)11(8)18-6-5-10(17-18)12(13,14)15/h2-6H,7,16H2,1H3. The summed E-state index contributed by atoms with van der Waals surface area (Å²) in [6.45, 7) is 2.06. The second-order valence-electron chi connectivity index (χ2n) is 3.93. The molecule has 1 heterocycles. The average molecular weight is 255 g/mol. The van der Waals surface area contributed by atoms with Crippen molar-refractivity contribution < 1.29 is 13.2 Å². The molecule has 0 fully saturated rings. The monoisotopic (exact) mass is 255 g/mol. The van der Waals surface area contributed by atoms with Crippen LogP contribution in [0.2, 0.25) is 0 Å². The van der Waals surface area contributed by atoms with Crippen LogP contribution < -0.4 is 5.73 Å². The van der Waals surface area contributed by atoms with Gasteiger partial charge in [-0.3, -0.25) is 0 Å². The summed E-state index contributed by atoms with van der Waals surface area (Å²) in [5.74, 6) is 0. The number of para-hydroxylation sites is 1. The lowest BCUT2D eigenvalue weighted by molar-refractivity contribution is -0.141. The van der Waals surface area contributed by atoms with E-state index in [1.807, 2.05) is 19.1 Å². The lowest BCUT2D eigenvalue weighted by Gasteiger charge is -2.11. The quantitative estimate of drug-likeness (QED) is 0.896. The van der Waals surface area contributed by atoms with Crippen molar-refractivity contribution in [3.63, 3.8) is 0 Å². The summed E-state index contributed by atoms with van der Waals surface area (Å²) in [5.41, 5.74) is 6.87. The van der Waals surface area contributed by atoms with Gasteiger partial charge in [0.05, 0.1) is 5.69 Å². The molecule has 0 saturated heterocycles. The average Bonchev–Trinajstić information content (AvgIpc) is 2.77. The first-order chi connectivity index (χ1) is 8.43. The van der Waals surface area contributed by atoms with Crippen LogP contribution in [0.25, 0.3) is 5.69 Å². The maximum absolute atomic E-state index is 12.5. The number of alkyl halides is 3. The predicted molar refractivity (Wildman–Crippen MR) is 61.2 cm³/mol. The van der Waals surface area contributed by atoms with Crippen molar-refractivity contribution in [2.75, 3.05) is 0 Å². The van der Waals surface area contributed by atoms with Crippen molar-refractivity contribution >= 4 is 0 Å². The van der Waals surface area contributed by atoms with Crippen molar-refractivity contribution in [3.05, 3.63) is 47.3 Å². The molecule has 1 aromatic heterocycles. The lowest BCUT2D eigenvalue weighted by atomic mass is 10.1. The Balaban J connectivity index is 2.53. The van der Waals surface area contributed by atoms with Crippen LogP contribution in [0.1, 0.15) is 16.8 Å². The number of hydrogen-bond donors (Lipinski definition) is 1. The molecule has 18 heavy (non-hydrogen) atoms. The van der Waals surface area contributed by atoms with Crippen molar-refractivity contribution in [2.24, 2.45) is 5.73 Å². The number of benzene rings is 1. The van der Waals surface area contributed by atoms with E-state index in [0.29, 0.717) is 5.69 Å². The SMILES string of the molecule is Cc1cccc(CN)c1-n1ccc(C(F)(F)F)n1. The lowest BCUT2D eigenvalue weighted by Crippen LogP contribution is -2.10. The molecule has 0 aliphatic rings. The van der Waals surface area contributed by atoms with E-state index in [0.717, 1.165) is 17.2 Å². The number of aromatic nitrogens is 2. The van der Waals surface area contributed by atoms with Gasteiger partial charge >= 0.3 is 6.18 Å². The molecule has 0 amide bonds. The Bertz CT molecular complexity index is 558. The molecule has 2 N–H and O–H groups in total. The van der Waals surface area contributed by atoms with Crippen LogP contribution in [0.15, 0.2) is 30.5 Å². The number of hydrogen-bond acceptors (Lipinski definition) is 2. The number of rotatable bonds is 2. The van der Waals surface area contributed by atoms with E-state index in [4.69, 9.17) is 5.73 Å². The molecular weight excluding hydrogens is 243 g/mol. The molecule has 0 saturated carbocycles. The van der Waals surface area contributed by atoms with E-state index in [1.165, 1.54) is 10.9 Å². The number of halogens is 3. The van der Waals surface area contributed by atoms with Crippen molar-refractivity contribution in [3.8, 4) is 5.69 Å². The first-order valence-electron chi connectivity index (χ1n) is 5.35. The molecule has 3 nitrogen and oxygen atoms in total. The Hall–Kier alpha value is -1.82. The van der Waals surface area contributed by atoms with Gasteiger partial charge < -0.3 is 5.73 Å². The summed E-state index contributed by atoms with van der Waals surface area (Å²) in [7, 11) is 0. The fourth-order valence-corrected chi connectivity index (χ4v) is 1.81. The highest BCUT2D eigenvalue weighted by Gasteiger charge is 2.33. The molecule has 2 aromatic rings. The number of nitrogens with zero attached hydrogens (tertiary/aromatic N) is 2. The molecule has 6 heteroatoms. The van der Waals surface area contributed by atoms with Crippen LogP contribution in [0, 0.1) is 6.92 Å². The van der Waals surface area contributed by atoms with Gasteiger partial charge in [-0.05, 0) is 24.1 Å². The Morgan fingerprint density at radius 1 is 1.28 bits per heavy atom. The van der Waals surface area contributed by atoms with Crippen molar-refractivity contribution in [2.45, 2.75) is 19.6 Å². The van der Waals surface area contributed by atoms with Gasteiger partial charge in [0.1, 0.15) is 0 Å². The van der Waals surface area contributed by atoms with Crippen molar-refractivity contribution in [1.29, 1.82) is 0 Å². The normalized spacial score (nSPS) is 11.8. The fourth-order valence-electron chi connectivity index (χ4n) is 1.81. The molecule has 0 bridgehead atoms. The van der Waals surface area contributed by atoms with Crippen LogP contribution >= 0.6 is 0 Å². The summed E-state index contributed by atoms with van der Waals surface area (Å²) in [5, 5.41) is 3.56. The third kappa shape index (κ3) is 2.24. The molecule has 0 aliphatic carbocycles. The maximum atomic E-state index is 12.5. The molecular formula is C12H12F3N3. The fraction of sp³-hybridized carbons (Fsp3) is 0.250. The summed E-state index contributed by atoms with van der Waals surface area (Å²) in [6.07, 6.45) is -3.14. The van der Waals surface area contributed by atoms with Crippen LogP contribution in [-0.2, 0) is 12.7 Å². The minimum absolute atomic E-state index is 0.248. The summed E-state index contributed by atoms with van der Waals surface area (Å²) >= 11 is 0. The summed E-state index contributed by atoms with van der Waals surface area (Å²) < 4.78 is 38.7. The largest absolute Gasteiger partial charge is 0.435 e. The van der Waals surface area contributed by atoms with Crippen LogP contribution in [0.3, 0.4) is 0 Å². The topological polar surface area (TPSA) is 43.8 Å². The minimum atomic E-state index is -4.43. The zero-order valence-corrected chi connectivity index (χ0v) is 9.70. The van der Waals surface area contributed by atoms with Crippen LogP contribution in [-0.4, -0.2) is 9.78 Å². The number of aryl methyl sites for hydroxylation is 1. The highest BCUT2D eigenvalue weighted by molar-refractivity contribution is 5.47. The van der Waals surface area contributed by atoms with Gasteiger partial charge in [0.25, 0.3) is 0 Å². The van der Waals surface area contributed by atoms with Crippen LogP contribution in [0.5, 0.6) is 0 Å². The predicted octanol–water partition coefficient (Wildman–Crippen LogP) is 2.66. The Morgan fingerprint density at radius 2 is 2.00 bits per heavy atom. The van der Waals surface area contributed by atoms with E-state index in [2.05, 4.69) is 5.10 Å². The van der Waals surface area contributed by atoms with Crippen molar-refractivity contribution in [1.82, 2.24) is 9.78 Å². The van der Waals surface area contributed by atoms with E-state index < -0.39 is 11.9 Å². The third-order valence-corrected chi connectivity index (χ3v) is 2.65. The minimum Gasteiger partial charge on any atom is -0.326 e. The van der Waals surface area contributed by atoms with E-state index >= 15 is 0 Å². The van der Waals surface area contributed by atoms with E-state index in [9.17, 15) is 13.2 Å². The molecule has 0 atom stereocenters. The van der Waals surface area contributed by atoms with Gasteiger partial charge in [0.2, 0.25) is 0 Å². The molecule has 0 radical (unpaired) electrons. The molecule has 0 unspecified atom stereocenters. The summed E-state index contributed by atoms with van der Waals surface area (Å²) in [6, 6.07) is 6.35. The number of nitrogens with two attached hydrogens (primary N) is 1. The Kier molecular flexibility index (Phi) is 3.13. The molecule has 2 rings (SSSR count). The smallest absolute Gasteiger partial charge is 0.326 e. The van der Waals surface area contributed by atoms with Gasteiger partial charge in [-0.15, -0.1) is 0 Å². The van der Waals surface area contributed by atoms with Gasteiger partial charge in [0.15, 0.2) is 5.69 Å². The Labute approximate surface area is 102 Å². The third-order valence-electron chi connectivity index (χ3n) is 2.65. The highest BCUT2D eigenvalue weighted by atomic mass is 19.4. The first-order valence-corrected chi connectivity index (χ1v) is 5.35. The van der Waals surface area contributed by atoms with Gasteiger partial charge in [-0.1, -0.05) is 18.2 Å². The van der Waals surface area contributed by atoms with Gasteiger partial charge in [0, 0.05) is 12.7 Å². The van der Waals surface area contributed by atoms with Crippen LogP contribution in [0.4, 0.5) is 13.2 Å². The zero-order chi connectivity index (χ0) is 13.3. The van der Waals surface area contributed by atoms with Gasteiger partial charge in [-0.2, -0.15) is 18.3 Å². The first kappa shape index (κ1) is 12.6. The Morgan fingerprint density at radius 3 is 2.56 bits per heavy atom. The highest BCUT2D eigenvalue weighted by Crippen LogP contribution is 2.28. The van der Waals surface area contributed by atoms with E-state index in [-0.39, 0.29) is 6.54 Å².